The summed E-state index contributed by atoms with van der Waals surface area (Å²) in [5.41, 5.74) is -0.0522. The van der Waals surface area contributed by atoms with Gasteiger partial charge >= 0.3 is 11.9 Å². The van der Waals surface area contributed by atoms with Crippen LogP contribution in [0.1, 0.15) is 24.2 Å². The van der Waals surface area contributed by atoms with E-state index in [1.54, 1.807) is 6.07 Å². The van der Waals surface area contributed by atoms with Crippen LogP contribution in [0.2, 0.25) is 0 Å². The number of aliphatic carboxylic acids is 1. The van der Waals surface area contributed by atoms with Gasteiger partial charge in [0.2, 0.25) is 0 Å². The van der Waals surface area contributed by atoms with Crippen molar-refractivity contribution in [2.75, 3.05) is 7.11 Å². The highest BCUT2D eigenvalue weighted by molar-refractivity contribution is 14.1. The van der Waals surface area contributed by atoms with Crippen LogP contribution in [0.5, 0.6) is 5.75 Å². The molecule has 9 heteroatoms. The normalized spacial score (nSPS) is 12.9. The molecule has 1 rings (SSSR count). The van der Waals surface area contributed by atoms with Crippen LogP contribution in [0.25, 0.3) is 0 Å². The lowest BCUT2D eigenvalue weighted by Gasteiger charge is -2.30. The van der Waals surface area contributed by atoms with Crippen molar-refractivity contribution in [1.82, 2.24) is 0 Å². The van der Waals surface area contributed by atoms with E-state index in [0.29, 0.717) is 7.14 Å². The highest BCUT2D eigenvalue weighted by Gasteiger charge is 2.46. The van der Waals surface area contributed by atoms with E-state index in [4.69, 9.17) is 9.47 Å². The molecule has 0 amide bonds. The summed E-state index contributed by atoms with van der Waals surface area (Å²) in [6.45, 7) is 2.65. The summed E-state index contributed by atoms with van der Waals surface area (Å²) in [5.74, 6) is -8.73. The molecule has 0 aromatic heterocycles. The fourth-order valence-corrected chi connectivity index (χ4v) is 3.91. The second kappa shape index (κ2) is 7.90. The van der Waals surface area contributed by atoms with Gasteiger partial charge in [0.05, 0.1) is 10.7 Å². The van der Waals surface area contributed by atoms with Gasteiger partial charge in [-0.15, -0.1) is 0 Å². The second-order valence-electron chi connectivity index (χ2n) is 4.95. The molecule has 0 spiro atoms. The van der Waals surface area contributed by atoms with Crippen LogP contribution in [-0.4, -0.2) is 31.1 Å². The van der Waals surface area contributed by atoms with E-state index in [-0.39, 0.29) is 11.3 Å². The molecule has 0 saturated heterocycles. The molecule has 0 aliphatic rings. The number of carboxylic acid groups (broad SMARTS) is 1. The first-order chi connectivity index (χ1) is 10.5. The maximum atomic E-state index is 13.7. The molecule has 0 saturated carbocycles. The van der Waals surface area contributed by atoms with Crippen molar-refractivity contribution < 1.29 is 33.0 Å². The maximum absolute atomic E-state index is 13.7. The third kappa shape index (κ3) is 4.64. The Labute approximate surface area is 159 Å². The highest BCUT2D eigenvalue weighted by atomic mass is 127. The summed E-state index contributed by atoms with van der Waals surface area (Å²) < 4.78 is 38.6. The average molecular weight is 553 g/mol. The molecule has 0 heterocycles. The lowest BCUT2D eigenvalue weighted by molar-refractivity contribution is -0.337. The van der Waals surface area contributed by atoms with E-state index in [1.807, 2.05) is 45.2 Å². The molecule has 0 aliphatic carbocycles. The molecule has 128 valence electrons. The SMILES string of the molecule is COc1c(I)cc(I)cc1C(=O)OC(C(C)C)C(F)(F)C(=O)[O-]. The molecule has 0 aliphatic heterocycles. The van der Waals surface area contributed by atoms with Crippen LogP contribution in [0.15, 0.2) is 12.1 Å². The molecule has 23 heavy (non-hydrogen) atoms. The van der Waals surface area contributed by atoms with Gasteiger partial charge in [0.25, 0.3) is 0 Å². The number of benzene rings is 1. The fourth-order valence-electron chi connectivity index (χ4n) is 1.84. The Morgan fingerprint density at radius 3 is 2.26 bits per heavy atom. The standard InChI is InChI=1S/C14H14F2I2O5/c1-6(2)11(14(15,16)13(20)21)23-12(19)8-4-7(17)5-9(18)10(8)22-3/h4-6,11H,1-3H3,(H,20,21)/p-1. The van der Waals surface area contributed by atoms with Gasteiger partial charge in [-0.3, -0.25) is 0 Å². The fraction of sp³-hybridized carbons (Fsp3) is 0.429. The number of hydrogen-bond acceptors (Lipinski definition) is 5. The largest absolute Gasteiger partial charge is 0.544 e. The number of hydrogen-bond donors (Lipinski definition) is 0. The predicted octanol–water partition coefficient (Wildman–Crippen LogP) is 2.47. The minimum atomic E-state index is -4.30. The summed E-state index contributed by atoms with van der Waals surface area (Å²) >= 11 is 3.88. The Hall–Kier alpha value is -0.720. The number of carboxylic acids is 1. The molecule has 0 radical (unpaired) electrons. The Kier molecular flexibility index (Phi) is 6.98. The lowest BCUT2D eigenvalue weighted by atomic mass is 10.0. The molecular formula is C14H13F2I2O5-. The van der Waals surface area contributed by atoms with E-state index in [0.717, 1.165) is 0 Å². The third-order valence-electron chi connectivity index (χ3n) is 2.90. The number of esters is 1. The zero-order chi connectivity index (χ0) is 17.9. The molecule has 0 N–H and O–H groups in total. The summed E-state index contributed by atoms with van der Waals surface area (Å²) in [5, 5.41) is 10.6. The molecule has 5 nitrogen and oxygen atoms in total. The van der Waals surface area contributed by atoms with Crippen molar-refractivity contribution in [2.24, 2.45) is 5.92 Å². The maximum Gasteiger partial charge on any atom is 0.342 e. The van der Waals surface area contributed by atoms with Crippen LogP contribution < -0.4 is 9.84 Å². The number of alkyl halides is 2. The van der Waals surface area contributed by atoms with Gasteiger partial charge < -0.3 is 19.4 Å². The highest BCUT2D eigenvalue weighted by Crippen LogP contribution is 2.32. The van der Waals surface area contributed by atoms with Gasteiger partial charge in [-0.1, -0.05) is 13.8 Å². The number of ether oxygens (including phenoxy) is 2. The first-order valence-corrected chi connectivity index (χ1v) is 8.51. The molecule has 0 fully saturated rings. The summed E-state index contributed by atoms with van der Waals surface area (Å²) in [6, 6.07) is 3.14. The summed E-state index contributed by atoms with van der Waals surface area (Å²) in [7, 11) is 1.33. The molecule has 1 atom stereocenters. The van der Waals surface area contributed by atoms with E-state index in [2.05, 4.69) is 0 Å². The smallest absolute Gasteiger partial charge is 0.342 e. The quantitative estimate of drug-likeness (QED) is 0.400. The Morgan fingerprint density at radius 2 is 1.83 bits per heavy atom. The summed E-state index contributed by atoms with van der Waals surface area (Å²) in [4.78, 5) is 22.9. The van der Waals surface area contributed by atoms with Crippen molar-refractivity contribution >= 4 is 57.1 Å². The number of rotatable bonds is 6. The van der Waals surface area contributed by atoms with Gasteiger partial charge in [0.15, 0.2) is 6.10 Å². The zero-order valence-corrected chi connectivity index (χ0v) is 16.7. The van der Waals surface area contributed by atoms with Crippen molar-refractivity contribution in [3.63, 3.8) is 0 Å². The number of carbonyl (C=O) groups is 2. The van der Waals surface area contributed by atoms with Crippen molar-refractivity contribution in [1.29, 1.82) is 0 Å². The molecule has 1 unspecified atom stereocenters. The minimum Gasteiger partial charge on any atom is -0.544 e. The topological polar surface area (TPSA) is 75.7 Å². The van der Waals surface area contributed by atoms with E-state index >= 15 is 0 Å². The van der Waals surface area contributed by atoms with Gasteiger partial charge in [-0.25, -0.2) is 4.79 Å². The van der Waals surface area contributed by atoms with E-state index in [9.17, 15) is 23.5 Å². The Bertz CT molecular complexity index is 619. The minimum absolute atomic E-state index is 0.0522. The van der Waals surface area contributed by atoms with Gasteiger partial charge in [-0.2, -0.15) is 8.78 Å². The Morgan fingerprint density at radius 1 is 1.26 bits per heavy atom. The zero-order valence-electron chi connectivity index (χ0n) is 12.4. The van der Waals surface area contributed by atoms with Crippen LogP contribution in [-0.2, 0) is 9.53 Å². The number of methoxy groups -OCH3 is 1. The van der Waals surface area contributed by atoms with Gasteiger partial charge in [0.1, 0.15) is 17.3 Å². The van der Waals surface area contributed by atoms with Gasteiger partial charge in [0, 0.05) is 3.57 Å². The van der Waals surface area contributed by atoms with Crippen molar-refractivity contribution in [2.45, 2.75) is 25.9 Å². The number of carbonyl (C=O) groups excluding carboxylic acids is 2. The average Bonchev–Trinajstić information content (AvgIpc) is 2.42. The van der Waals surface area contributed by atoms with Gasteiger partial charge in [-0.05, 0) is 63.2 Å². The monoisotopic (exact) mass is 553 g/mol. The molecule has 0 bridgehead atoms. The first kappa shape index (κ1) is 20.3. The number of halogens is 4. The van der Waals surface area contributed by atoms with Crippen molar-refractivity contribution in [3.05, 3.63) is 24.8 Å². The van der Waals surface area contributed by atoms with Crippen LogP contribution in [0, 0.1) is 13.1 Å². The summed E-state index contributed by atoms with van der Waals surface area (Å²) in [6.07, 6.45) is -2.15. The van der Waals surface area contributed by atoms with E-state index < -0.39 is 29.9 Å². The molecule has 1 aromatic carbocycles. The second-order valence-corrected chi connectivity index (χ2v) is 7.36. The lowest BCUT2D eigenvalue weighted by Crippen LogP contribution is -2.53. The Balaban J connectivity index is 3.22. The first-order valence-electron chi connectivity index (χ1n) is 6.35. The van der Waals surface area contributed by atoms with Crippen LogP contribution in [0.3, 0.4) is 0 Å². The molecular weight excluding hydrogens is 540 g/mol. The predicted molar refractivity (Wildman–Crippen MR) is 92.4 cm³/mol. The van der Waals surface area contributed by atoms with Crippen LogP contribution in [0.4, 0.5) is 8.78 Å². The van der Waals surface area contributed by atoms with Crippen molar-refractivity contribution in [3.8, 4) is 5.75 Å². The van der Waals surface area contributed by atoms with Crippen LogP contribution >= 0.6 is 45.2 Å². The van der Waals surface area contributed by atoms with E-state index in [1.165, 1.54) is 27.0 Å². The molecule has 1 aromatic rings. The third-order valence-corrected chi connectivity index (χ3v) is 4.33.